The van der Waals surface area contributed by atoms with Gasteiger partial charge in [-0.2, -0.15) is 0 Å². The number of benzene rings is 2. The van der Waals surface area contributed by atoms with Gasteiger partial charge in [-0.15, -0.1) is 0 Å². The molecule has 2 aromatic rings. The molecule has 0 fully saturated rings. The molecule has 0 unspecified atom stereocenters. The maximum absolute atomic E-state index is 12.2. The average molecular weight is 424 g/mol. The van der Waals surface area contributed by atoms with E-state index in [1.807, 2.05) is 31.2 Å². The van der Waals surface area contributed by atoms with Gasteiger partial charge in [-0.25, -0.2) is 4.79 Å². The highest BCUT2D eigenvalue weighted by atomic mass is 16.6. The molecule has 6 nitrogen and oxygen atoms in total. The van der Waals surface area contributed by atoms with Crippen molar-refractivity contribution < 1.29 is 14.3 Å². The van der Waals surface area contributed by atoms with Gasteiger partial charge < -0.3 is 25.0 Å². The van der Waals surface area contributed by atoms with Gasteiger partial charge in [-0.3, -0.25) is 0 Å². The zero-order valence-corrected chi connectivity index (χ0v) is 18.7. The van der Waals surface area contributed by atoms with Gasteiger partial charge in [-0.05, 0) is 44.0 Å². The standard InChI is InChI=1S/C25H33N3O3/c1-4-28(5-2)22-13-9-8-12-21(22)27-15-14-26-16-17-30-23-18-31-25(29)24(23)20-11-7-6-10-19(20)3/h6-13,26-27H,4-5,14-18H2,1-3H3. The van der Waals surface area contributed by atoms with E-state index in [0.717, 1.165) is 43.0 Å². The lowest BCUT2D eigenvalue weighted by Gasteiger charge is -2.24. The van der Waals surface area contributed by atoms with Crippen molar-refractivity contribution in [3.05, 3.63) is 65.4 Å². The summed E-state index contributed by atoms with van der Waals surface area (Å²) >= 11 is 0. The van der Waals surface area contributed by atoms with Crippen molar-refractivity contribution in [2.75, 3.05) is 56.2 Å². The summed E-state index contributed by atoms with van der Waals surface area (Å²) in [6.45, 7) is 11.3. The number of rotatable bonds is 12. The van der Waals surface area contributed by atoms with Crippen LogP contribution in [0, 0.1) is 6.92 Å². The molecule has 1 heterocycles. The summed E-state index contributed by atoms with van der Waals surface area (Å²) in [6.07, 6.45) is 0. The summed E-state index contributed by atoms with van der Waals surface area (Å²) in [7, 11) is 0. The highest BCUT2D eigenvalue weighted by molar-refractivity contribution is 6.19. The van der Waals surface area contributed by atoms with Crippen LogP contribution in [0.2, 0.25) is 0 Å². The topological polar surface area (TPSA) is 62.8 Å². The summed E-state index contributed by atoms with van der Waals surface area (Å²) in [5, 5.41) is 6.90. The lowest BCUT2D eigenvalue weighted by atomic mass is 10.0. The molecule has 1 aliphatic heterocycles. The number of ether oxygens (including phenoxy) is 2. The van der Waals surface area contributed by atoms with Crippen LogP contribution in [0.3, 0.4) is 0 Å². The minimum absolute atomic E-state index is 0.201. The summed E-state index contributed by atoms with van der Waals surface area (Å²) in [5.41, 5.74) is 4.85. The molecule has 0 saturated heterocycles. The van der Waals surface area contributed by atoms with Crippen LogP contribution in [0.1, 0.15) is 25.0 Å². The Balaban J connectivity index is 1.44. The van der Waals surface area contributed by atoms with Gasteiger partial charge in [0.2, 0.25) is 0 Å². The number of nitrogens with zero attached hydrogens (tertiary/aromatic N) is 1. The Bertz CT molecular complexity index is 906. The molecule has 0 atom stereocenters. The molecular formula is C25H33N3O3. The van der Waals surface area contributed by atoms with E-state index < -0.39 is 0 Å². The van der Waals surface area contributed by atoms with E-state index in [0.29, 0.717) is 24.5 Å². The first-order valence-electron chi connectivity index (χ1n) is 11.0. The Morgan fingerprint density at radius 3 is 2.52 bits per heavy atom. The van der Waals surface area contributed by atoms with E-state index in [1.54, 1.807) is 0 Å². The summed E-state index contributed by atoms with van der Waals surface area (Å²) in [6, 6.07) is 16.2. The van der Waals surface area contributed by atoms with E-state index in [1.165, 1.54) is 5.69 Å². The lowest BCUT2D eigenvalue weighted by molar-refractivity contribution is -0.134. The van der Waals surface area contributed by atoms with Crippen molar-refractivity contribution in [1.82, 2.24) is 5.32 Å². The van der Waals surface area contributed by atoms with E-state index in [9.17, 15) is 4.79 Å². The fourth-order valence-electron chi connectivity index (χ4n) is 3.74. The number of aryl methyl sites for hydroxylation is 1. The van der Waals surface area contributed by atoms with Gasteiger partial charge in [0.15, 0.2) is 0 Å². The van der Waals surface area contributed by atoms with Crippen LogP contribution >= 0.6 is 0 Å². The Morgan fingerprint density at radius 1 is 1.00 bits per heavy atom. The average Bonchev–Trinajstić information content (AvgIpc) is 3.15. The predicted molar refractivity (Wildman–Crippen MR) is 126 cm³/mol. The van der Waals surface area contributed by atoms with Gasteiger partial charge in [0, 0.05) is 32.7 Å². The second kappa shape index (κ2) is 11.4. The maximum atomic E-state index is 12.2. The Hall–Kier alpha value is -2.99. The van der Waals surface area contributed by atoms with Crippen molar-refractivity contribution >= 4 is 22.9 Å². The van der Waals surface area contributed by atoms with Crippen LogP contribution in [0.15, 0.2) is 54.3 Å². The number of para-hydroxylation sites is 2. The number of hydrogen-bond acceptors (Lipinski definition) is 6. The predicted octanol–water partition coefficient (Wildman–Crippen LogP) is 3.83. The van der Waals surface area contributed by atoms with Crippen LogP contribution in [0.25, 0.3) is 5.57 Å². The first-order valence-corrected chi connectivity index (χ1v) is 11.0. The second-order valence-corrected chi connectivity index (χ2v) is 7.40. The van der Waals surface area contributed by atoms with Gasteiger partial charge in [-0.1, -0.05) is 36.4 Å². The summed E-state index contributed by atoms with van der Waals surface area (Å²) < 4.78 is 11.1. The number of carbonyl (C=O) groups excluding carboxylic acids is 1. The second-order valence-electron chi connectivity index (χ2n) is 7.40. The van der Waals surface area contributed by atoms with Crippen LogP contribution in [0.5, 0.6) is 0 Å². The number of anilines is 2. The SMILES string of the molecule is CCN(CC)c1ccccc1NCCNCCOC1=C(c2ccccc2C)C(=O)OC1. The third kappa shape index (κ3) is 5.79. The monoisotopic (exact) mass is 423 g/mol. The van der Waals surface area contributed by atoms with Gasteiger partial charge >= 0.3 is 5.97 Å². The van der Waals surface area contributed by atoms with E-state index in [2.05, 4.69) is 53.6 Å². The molecule has 0 saturated carbocycles. The van der Waals surface area contributed by atoms with E-state index >= 15 is 0 Å². The zero-order chi connectivity index (χ0) is 22.1. The highest BCUT2D eigenvalue weighted by Crippen LogP contribution is 2.29. The normalized spacial score (nSPS) is 13.3. The van der Waals surface area contributed by atoms with E-state index in [-0.39, 0.29) is 12.6 Å². The molecule has 2 aromatic carbocycles. The molecule has 166 valence electrons. The first kappa shape index (κ1) is 22.7. The number of carbonyl (C=O) groups is 1. The Morgan fingerprint density at radius 2 is 1.74 bits per heavy atom. The number of cyclic esters (lactones) is 1. The zero-order valence-electron chi connectivity index (χ0n) is 18.7. The molecule has 1 aliphatic rings. The fraction of sp³-hybridized carbons (Fsp3) is 0.400. The fourth-order valence-corrected chi connectivity index (χ4v) is 3.74. The van der Waals surface area contributed by atoms with Crippen LogP contribution in [0.4, 0.5) is 11.4 Å². The van der Waals surface area contributed by atoms with Crippen molar-refractivity contribution in [3.63, 3.8) is 0 Å². The third-order valence-corrected chi connectivity index (χ3v) is 5.41. The summed E-state index contributed by atoms with van der Waals surface area (Å²) in [5.74, 6) is 0.306. The van der Waals surface area contributed by atoms with Gasteiger partial charge in [0.25, 0.3) is 0 Å². The molecule has 0 amide bonds. The number of esters is 1. The van der Waals surface area contributed by atoms with Crippen LogP contribution < -0.4 is 15.5 Å². The third-order valence-electron chi connectivity index (χ3n) is 5.41. The highest BCUT2D eigenvalue weighted by Gasteiger charge is 2.28. The molecule has 0 spiro atoms. The smallest absolute Gasteiger partial charge is 0.342 e. The quantitative estimate of drug-likeness (QED) is 0.400. The Labute approximate surface area is 185 Å². The van der Waals surface area contributed by atoms with Gasteiger partial charge in [0.05, 0.1) is 11.4 Å². The van der Waals surface area contributed by atoms with Crippen molar-refractivity contribution in [2.24, 2.45) is 0 Å². The lowest BCUT2D eigenvalue weighted by Crippen LogP contribution is -2.27. The minimum Gasteiger partial charge on any atom is -0.492 e. The van der Waals surface area contributed by atoms with Crippen LogP contribution in [-0.2, 0) is 14.3 Å². The first-order chi connectivity index (χ1) is 15.2. The molecule has 3 rings (SSSR count). The molecule has 31 heavy (non-hydrogen) atoms. The van der Waals surface area contributed by atoms with Crippen molar-refractivity contribution in [3.8, 4) is 0 Å². The van der Waals surface area contributed by atoms with Gasteiger partial charge in [0.1, 0.15) is 24.5 Å². The molecular weight excluding hydrogens is 390 g/mol. The molecule has 6 heteroatoms. The Kier molecular flexibility index (Phi) is 8.35. The summed E-state index contributed by atoms with van der Waals surface area (Å²) in [4.78, 5) is 14.5. The van der Waals surface area contributed by atoms with Crippen molar-refractivity contribution in [1.29, 1.82) is 0 Å². The molecule has 0 aromatic heterocycles. The molecule has 0 radical (unpaired) electrons. The van der Waals surface area contributed by atoms with Crippen molar-refractivity contribution in [2.45, 2.75) is 20.8 Å². The largest absolute Gasteiger partial charge is 0.492 e. The molecule has 0 bridgehead atoms. The number of hydrogen-bond donors (Lipinski definition) is 2. The molecule has 0 aliphatic carbocycles. The maximum Gasteiger partial charge on any atom is 0.342 e. The van der Waals surface area contributed by atoms with Crippen LogP contribution in [-0.4, -0.2) is 51.9 Å². The van der Waals surface area contributed by atoms with E-state index in [4.69, 9.17) is 9.47 Å². The minimum atomic E-state index is -0.312. The molecule has 2 N–H and O–H groups in total. The number of nitrogens with one attached hydrogen (secondary N) is 2.